The lowest BCUT2D eigenvalue weighted by molar-refractivity contribution is 0.475. The van der Waals surface area contributed by atoms with Crippen LogP contribution in [0.25, 0.3) is 11.8 Å². The first-order valence-electron chi connectivity index (χ1n) is 10.1. The van der Waals surface area contributed by atoms with Crippen molar-refractivity contribution in [2.75, 3.05) is 0 Å². The van der Waals surface area contributed by atoms with Crippen LogP contribution in [0.3, 0.4) is 0 Å². The van der Waals surface area contributed by atoms with E-state index in [-0.39, 0.29) is 17.4 Å². The average molecular weight is 443 g/mol. The zero-order chi connectivity index (χ0) is 20.9. The van der Waals surface area contributed by atoms with E-state index in [9.17, 15) is 9.90 Å². The van der Waals surface area contributed by atoms with Crippen LogP contribution in [-0.2, 0) is 6.42 Å². The van der Waals surface area contributed by atoms with Gasteiger partial charge in [0.1, 0.15) is 5.75 Å². The first-order chi connectivity index (χ1) is 15.2. The number of nitrogens with zero attached hydrogens (tertiary/aromatic N) is 2. The highest BCUT2D eigenvalue weighted by Crippen LogP contribution is 2.42. The average Bonchev–Trinajstić information content (AvgIpc) is 3.43. The molecule has 6 rings (SSSR count). The van der Waals surface area contributed by atoms with Crippen molar-refractivity contribution in [2.45, 2.75) is 18.9 Å². The lowest BCUT2D eigenvalue weighted by Gasteiger charge is -2.30. The number of aromatic nitrogens is 1. The van der Waals surface area contributed by atoms with Gasteiger partial charge in [-0.2, -0.15) is 0 Å². The van der Waals surface area contributed by atoms with Crippen LogP contribution in [0.15, 0.2) is 81.4 Å². The maximum Gasteiger partial charge on any atom is 0.271 e. The van der Waals surface area contributed by atoms with Crippen molar-refractivity contribution in [1.29, 1.82) is 0 Å². The van der Waals surface area contributed by atoms with Crippen molar-refractivity contribution in [3.8, 4) is 5.75 Å². The molecule has 4 aromatic rings. The Morgan fingerprint density at radius 2 is 1.87 bits per heavy atom. The Morgan fingerprint density at radius 3 is 2.68 bits per heavy atom. The van der Waals surface area contributed by atoms with E-state index in [0.717, 1.165) is 28.9 Å². The summed E-state index contributed by atoms with van der Waals surface area (Å²) in [6.07, 6.45) is 3.75. The van der Waals surface area contributed by atoms with Crippen LogP contribution in [0.2, 0.25) is 0 Å². The van der Waals surface area contributed by atoms with E-state index in [1.165, 1.54) is 32.9 Å². The third-order valence-electron chi connectivity index (χ3n) is 5.88. The van der Waals surface area contributed by atoms with E-state index >= 15 is 0 Å². The van der Waals surface area contributed by atoms with Gasteiger partial charge in [0.05, 0.1) is 16.3 Å². The van der Waals surface area contributed by atoms with Crippen LogP contribution in [0.1, 0.15) is 34.0 Å². The third kappa shape index (κ3) is 3.02. The number of aromatic hydroxyl groups is 1. The summed E-state index contributed by atoms with van der Waals surface area (Å²) in [5.74, 6) is 0.211. The molecule has 1 atom stereocenters. The van der Waals surface area contributed by atoms with Crippen LogP contribution in [-0.4, -0.2) is 9.67 Å². The van der Waals surface area contributed by atoms with E-state index < -0.39 is 0 Å². The molecule has 4 nitrogen and oxygen atoms in total. The minimum Gasteiger partial charge on any atom is -0.508 e. The van der Waals surface area contributed by atoms with E-state index in [4.69, 9.17) is 4.99 Å². The molecule has 1 N–H and O–H groups in total. The number of aryl methyl sites for hydroxylation is 1. The van der Waals surface area contributed by atoms with Crippen LogP contribution in [0, 0.1) is 0 Å². The Balaban J connectivity index is 1.62. The number of hydrogen-bond acceptors (Lipinski definition) is 5. The molecule has 1 aliphatic carbocycles. The molecule has 0 amide bonds. The quantitative estimate of drug-likeness (QED) is 0.509. The molecule has 0 saturated heterocycles. The van der Waals surface area contributed by atoms with Crippen molar-refractivity contribution in [1.82, 2.24) is 4.57 Å². The van der Waals surface area contributed by atoms with Crippen molar-refractivity contribution in [2.24, 2.45) is 4.99 Å². The third-order valence-corrected chi connectivity index (χ3v) is 7.78. The number of benzene rings is 2. The zero-order valence-electron chi connectivity index (χ0n) is 16.5. The highest BCUT2D eigenvalue weighted by atomic mass is 32.1. The first kappa shape index (κ1) is 18.5. The largest absolute Gasteiger partial charge is 0.508 e. The number of hydrogen-bond donors (Lipinski definition) is 1. The molecule has 2 aliphatic rings. The fraction of sp³-hybridized carbons (Fsp3) is 0.120. The standard InChI is InChI=1S/C25H18N2O2S2/c28-17-10-7-15(8-11-17)14-21-24(29)27-23(20-6-3-13-30-20)19-12-9-16-4-1-2-5-18(16)22(19)26-25(27)31-21/h1-8,10-11,13-14,23,28H,9,12H2. The predicted molar refractivity (Wildman–Crippen MR) is 125 cm³/mol. The van der Waals surface area contributed by atoms with Gasteiger partial charge >= 0.3 is 0 Å². The van der Waals surface area contributed by atoms with E-state index in [1.807, 2.05) is 28.8 Å². The molecule has 1 aliphatic heterocycles. The molecule has 6 heteroatoms. The maximum absolute atomic E-state index is 13.5. The Bertz CT molecular complexity index is 1510. The van der Waals surface area contributed by atoms with E-state index in [1.54, 1.807) is 23.5 Å². The SMILES string of the molecule is O=c1c(=Cc2ccc(O)cc2)sc2n1C(c1cccs1)C1=C(N=2)c2ccccc2CC1. The second-order valence-corrected chi connectivity index (χ2v) is 9.71. The summed E-state index contributed by atoms with van der Waals surface area (Å²) in [5, 5.41) is 11.6. The summed E-state index contributed by atoms with van der Waals surface area (Å²) in [6.45, 7) is 0. The molecule has 0 radical (unpaired) electrons. The molecule has 2 aromatic heterocycles. The van der Waals surface area contributed by atoms with E-state index in [2.05, 4.69) is 35.7 Å². The lowest BCUT2D eigenvalue weighted by Crippen LogP contribution is -2.38. The molecule has 0 saturated carbocycles. The predicted octanol–water partition coefficient (Wildman–Crippen LogP) is 4.09. The molecule has 31 heavy (non-hydrogen) atoms. The van der Waals surface area contributed by atoms with Crippen molar-refractivity contribution in [3.05, 3.63) is 113 Å². The van der Waals surface area contributed by atoms with Gasteiger partial charge in [-0.1, -0.05) is 53.8 Å². The van der Waals surface area contributed by atoms with E-state index in [0.29, 0.717) is 4.53 Å². The van der Waals surface area contributed by atoms with Gasteiger partial charge in [-0.05, 0) is 59.2 Å². The van der Waals surface area contributed by atoms with Gasteiger partial charge in [0.25, 0.3) is 5.56 Å². The van der Waals surface area contributed by atoms with Crippen LogP contribution >= 0.6 is 22.7 Å². The molecule has 2 aromatic carbocycles. The topological polar surface area (TPSA) is 54.6 Å². The minimum absolute atomic E-state index is 0.0133. The second kappa shape index (κ2) is 7.18. The van der Waals surface area contributed by atoms with Gasteiger partial charge in [-0.15, -0.1) is 11.3 Å². The number of thiophene rings is 1. The summed E-state index contributed by atoms with van der Waals surface area (Å²) in [4.78, 5) is 20.4. The normalized spacial score (nSPS) is 17.7. The number of rotatable bonds is 2. The first-order valence-corrected chi connectivity index (χ1v) is 11.8. The molecule has 1 unspecified atom stereocenters. The number of phenols is 1. The Hall–Kier alpha value is -3.22. The highest BCUT2D eigenvalue weighted by molar-refractivity contribution is 7.10. The van der Waals surface area contributed by atoms with Crippen molar-refractivity contribution in [3.63, 3.8) is 0 Å². The molecule has 0 bridgehead atoms. The number of fused-ring (bicyclic) bond motifs is 3. The minimum atomic E-state index is -0.110. The second-order valence-electron chi connectivity index (χ2n) is 7.72. The number of thiazole rings is 1. The summed E-state index contributed by atoms with van der Waals surface area (Å²) < 4.78 is 2.52. The summed E-state index contributed by atoms with van der Waals surface area (Å²) in [7, 11) is 0. The molecule has 0 fully saturated rings. The smallest absolute Gasteiger partial charge is 0.271 e. The molecule has 152 valence electrons. The highest BCUT2D eigenvalue weighted by Gasteiger charge is 2.32. The van der Waals surface area contributed by atoms with Gasteiger partial charge in [-0.25, -0.2) is 4.99 Å². The monoisotopic (exact) mass is 442 g/mol. The maximum atomic E-state index is 13.5. The molecular formula is C25H18N2O2S2. The molecule has 0 spiro atoms. The van der Waals surface area contributed by atoms with Crippen molar-refractivity contribution < 1.29 is 5.11 Å². The lowest BCUT2D eigenvalue weighted by atomic mass is 9.85. The molecule has 3 heterocycles. The summed E-state index contributed by atoms with van der Waals surface area (Å²) >= 11 is 3.11. The Morgan fingerprint density at radius 1 is 1.03 bits per heavy atom. The fourth-order valence-corrected chi connectivity index (χ4v) is 6.29. The summed E-state index contributed by atoms with van der Waals surface area (Å²) in [5.41, 5.74) is 5.62. The van der Waals surface area contributed by atoms with Gasteiger partial charge in [0.2, 0.25) is 0 Å². The van der Waals surface area contributed by atoms with Gasteiger partial charge < -0.3 is 5.11 Å². The molecular weight excluding hydrogens is 424 g/mol. The fourth-order valence-electron chi connectivity index (χ4n) is 4.44. The Kier molecular flexibility index (Phi) is 4.30. The van der Waals surface area contributed by atoms with Crippen LogP contribution < -0.4 is 14.9 Å². The zero-order valence-corrected chi connectivity index (χ0v) is 18.1. The van der Waals surface area contributed by atoms with Crippen LogP contribution in [0.4, 0.5) is 0 Å². The van der Waals surface area contributed by atoms with Gasteiger partial charge in [0, 0.05) is 10.4 Å². The van der Waals surface area contributed by atoms with Gasteiger partial charge in [-0.3, -0.25) is 9.36 Å². The van der Waals surface area contributed by atoms with Crippen LogP contribution in [0.5, 0.6) is 5.75 Å². The summed E-state index contributed by atoms with van der Waals surface area (Å²) in [6, 6.07) is 19.4. The number of allylic oxidation sites excluding steroid dienone is 1. The Labute approximate surface area is 186 Å². The van der Waals surface area contributed by atoms with Crippen molar-refractivity contribution >= 4 is 34.4 Å². The number of phenolic OH excluding ortho intramolecular Hbond substituents is 1. The van der Waals surface area contributed by atoms with Gasteiger partial charge in [0.15, 0.2) is 4.80 Å².